The lowest BCUT2D eigenvalue weighted by atomic mass is 10.1. The fraction of sp³-hybridized carbons (Fsp3) is 0.385. The molecule has 0 aliphatic heterocycles. The van der Waals surface area contributed by atoms with Crippen molar-refractivity contribution in [1.82, 2.24) is 0 Å². The summed E-state index contributed by atoms with van der Waals surface area (Å²) in [5, 5.41) is 0. The van der Waals surface area contributed by atoms with Gasteiger partial charge in [0.15, 0.2) is 0 Å². The predicted octanol–water partition coefficient (Wildman–Crippen LogP) is 2.20. The quantitative estimate of drug-likeness (QED) is 0.739. The van der Waals surface area contributed by atoms with Crippen LogP contribution in [0, 0.1) is 6.92 Å². The molecule has 1 aromatic carbocycles. The zero-order chi connectivity index (χ0) is 12.8. The van der Waals surface area contributed by atoms with E-state index in [4.69, 9.17) is 4.79 Å². The van der Waals surface area contributed by atoms with Gasteiger partial charge in [0.25, 0.3) is 0 Å². The van der Waals surface area contributed by atoms with Crippen LogP contribution in [0.5, 0.6) is 0 Å². The molecule has 0 aromatic heterocycles. The van der Waals surface area contributed by atoms with Gasteiger partial charge in [-0.05, 0) is 19.4 Å². The van der Waals surface area contributed by atoms with Gasteiger partial charge in [-0.25, -0.2) is 0 Å². The molecule has 0 saturated heterocycles. The van der Waals surface area contributed by atoms with Crippen molar-refractivity contribution < 1.29 is 14.3 Å². The smallest absolute Gasteiger partial charge is 0.124 e. The van der Waals surface area contributed by atoms with E-state index in [-0.39, 0.29) is 0 Å². The number of hydrogen-bond acceptors (Lipinski definition) is 3. The molecule has 90 valence electrons. The number of hydrogen-bond donors (Lipinski definition) is 0. The van der Waals surface area contributed by atoms with Crippen molar-refractivity contribution in [3.05, 3.63) is 35.4 Å². The lowest BCUT2D eigenvalue weighted by Gasteiger charge is -1.93. The minimum Gasteiger partial charge on any atom is -0.385 e. The Morgan fingerprint density at radius 3 is 2.00 bits per heavy atom. The number of carbonyl (C=O) groups excluding carboxylic acids is 2. The van der Waals surface area contributed by atoms with Crippen LogP contribution < -0.4 is 0 Å². The molecule has 0 spiro atoms. The second-order valence-corrected chi connectivity index (χ2v) is 2.93. The molecule has 3 nitrogen and oxygen atoms in total. The maximum atomic E-state index is 10.1. The van der Waals surface area contributed by atoms with Crippen LogP contribution in [-0.4, -0.2) is 26.8 Å². The number of rotatable bonds is 3. The number of methoxy groups -OCH3 is 1. The van der Waals surface area contributed by atoms with Crippen LogP contribution in [0.1, 0.15) is 18.1 Å². The predicted molar refractivity (Wildman–Crippen MR) is 65.6 cm³/mol. The number of aldehydes is 1. The van der Waals surface area contributed by atoms with E-state index < -0.39 is 0 Å². The highest BCUT2D eigenvalue weighted by molar-refractivity contribution is 5.54. The van der Waals surface area contributed by atoms with E-state index in [1.807, 2.05) is 44.9 Å². The third kappa shape index (κ3) is 10.6. The molecule has 0 amide bonds. The van der Waals surface area contributed by atoms with Crippen molar-refractivity contribution in [3.8, 4) is 0 Å². The van der Waals surface area contributed by atoms with Crippen molar-refractivity contribution in [2.75, 3.05) is 13.7 Å². The molecule has 0 aliphatic carbocycles. The van der Waals surface area contributed by atoms with Gasteiger partial charge in [-0.15, -0.1) is 0 Å². The Kier molecular flexibility index (Phi) is 14.3. The standard InChI is InChI=1S/C9H10O.C3H8O.CH2O/c1-8-2-4-9(5-3-8)6-7-10;1-3-4-2;1-2/h2-5,7H,6H2,1H3;3H2,1-2H3;1H2. The molecule has 0 aliphatic rings. The lowest BCUT2D eigenvalue weighted by molar-refractivity contribution is -0.107. The van der Waals surface area contributed by atoms with Crippen LogP contribution in [0.3, 0.4) is 0 Å². The summed E-state index contributed by atoms with van der Waals surface area (Å²) in [5.74, 6) is 0. The van der Waals surface area contributed by atoms with Crippen molar-refractivity contribution in [2.45, 2.75) is 20.3 Å². The van der Waals surface area contributed by atoms with Crippen LogP contribution in [0.15, 0.2) is 24.3 Å². The molecule has 0 unspecified atom stereocenters. The second-order valence-electron chi connectivity index (χ2n) is 2.93. The van der Waals surface area contributed by atoms with E-state index in [1.165, 1.54) is 5.56 Å². The van der Waals surface area contributed by atoms with Crippen molar-refractivity contribution in [1.29, 1.82) is 0 Å². The van der Waals surface area contributed by atoms with Crippen LogP contribution in [-0.2, 0) is 20.7 Å². The fourth-order valence-electron chi connectivity index (χ4n) is 0.820. The third-order valence-electron chi connectivity index (χ3n) is 1.73. The van der Waals surface area contributed by atoms with E-state index in [2.05, 4.69) is 4.74 Å². The average Bonchev–Trinajstić information content (AvgIpc) is 2.35. The monoisotopic (exact) mass is 224 g/mol. The highest BCUT2D eigenvalue weighted by Crippen LogP contribution is 2.01. The van der Waals surface area contributed by atoms with Crippen molar-refractivity contribution in [2.24, 2.45) is 0 Å². The molecule has 0 fully saturated rings. The molecule has 0 atom stereocenters. The molecule has 0 bridgehead atoms. The summed E-state index contributed by atoms with van der Waals surface area (Å²) in [6.45, 7) is 6.81. The lowest BCUT2D eigenvalue weighted by Crippen LogP contribution is -1.84. The third-order valence-corrected chi connectivity index (χ3v) is 1.73. The van der Waals surface area contributed by atoms with E-state index in [9.17, 15) is 4.79 Å². The van der Waals surface area contributed by atoms with E-state index in [0.29, 0.717) is 6.42 Å². The van der Waals surface area contributed by atoms with Gasteiger partial charge in [0.1, 0.15) is 13.1 Å². The maximum absolute atomic E-state index is 10.1. The van der Waals surface area contributed by atoms with Gasteiger partial charge >= 0.3 is 0 Å². The summed E-state index contributed by atoms with van der Waals surface area (Å²) in [5.41, 5.74) is 2.32. The first-order valence-electron chi connectivity index (χ1n) is 5.01. The Labute approximate surface area is 97.4 Å². The maximum Gasteiger partial charge on any atom is 0.124 e. The Morgan fingerprint density at radius 1 is 1.25 bits per heavy atom. The largest absolute Gasteiger partial charge is 0.385 e. The van der Waals surface area contributed by atoms with E-state index in [0.717, 1.165) is 18.5 Å². The molecular weight excluding hydrogens is 204 g/mol. The van der Waals surface area contributed by atoms with E-state index in [1.54, 1.807) is 7.11 Å². The SMILES string of the molecule is C=O.CCOC.Cc1ccc(CC=O)cc1. The molecule has 0 saturated carbocycles. The summed E-state index contributed by atoms with van der Waals surface area (Å²) in [7, 11) is 1.68. The van der Waals surface area contributed by atoms with Crippen molar-refractivity contribution in [3.63, 3.8) is 0 Å². The average molecular weight is 224 g/mol. The summed E-state index contributed by atoms with van der Waals surface area (Å²) in [4.78, 5) is 18.1. The van der Waals surface area contributed by atoms with Gasteiger partial charge in [0.05, 0.1) is 0 Å². The Hall–Kier alpha value is -1.48. The van der Waals surface area contributed by atoms with Crippen LogP contribution in [0.25, 0.3) is 0 Å². The minimum atomic E-state index is 0.528. The first kappa shape index (κ1) is 16.9. The Morgan fingerprint density at radius 2 is 1.69 bits per heavy atom. The first-order chi connectivity index (χ1) is 7.74. The molecule has 3 heteroatoms. The minimum absolute atomic E-state index is 0.528. The number of benzene rings is 1. The molecule has 1 aromatic rings. The molecule has 1 rings (SSSR count). The number of carbonyl (C=O) groups is 2. The molecule has 0 radical (unpaired) electrons. The van der Waals surface area contributed by atoms with Gasteiger partial charge in [-0.2, -0.15) is 0 Å². The topological polar surface area (TPSA) is 43.4 Å². The van der Waals surface area contributed by atoms with Gasteiger partial charge in [0.2, 0.25) is 0 Å². The number of ether oxygens (including phenoxy) is 1. The summed E-state index contributed by atoms with van der Waals surface area (Å²) < 4.78 is 4.54. The summed E-state index contributed by atoms with van der Waals surface area (Å²) >= 11 is 0. The van der Waals surface area contributed by atoms with Crippen LogP contribution in [0.4, 0.5) is 0 Å². The first-order valence-corrected chi connectivity index (χ1v) is 5.01. The molecule has 16 heavy (non-hydrogen) atoms. The second kappa shape index (κ2) is 13.5. The normalized spacial score (nSPS) is 7.94. The van der Waals surface area contributed by atoms with Crippen molar-refractivity contribution >= 4 is 13.1 Å². The zero-order valence-corrected chi connectivity index (χ0v) is 10.2. The van der Waals surface area contributed by atoms with Crippen LogP contribution in [0.2, 0.25) is 0 Å². The van der Waals surface area contributed by atoms with Crippen LogP contribution >= 0.6 is 0 Å². The summed E-state index contributed by atoms with van der Waals surface area (Å²) in [6.07, 6.45) is 1.45. The molecule has 0 N–H and O–H groups in total. The highest BCUT2D eigenvalue weighted by atomic mass is 16.5. The molecular formula is C13H20O3. The van der Waals surface area contributed by atoms with Gasteiger partial charge < -0.3 is 14.3 Å². The fourth-order valence-corrected chi connectivity index (χ4v) is 0.820. The molecule has 0 heterocycles. The summed E-state index contributed by atoms with van der Waals surface area (Å²) in [6, 6.07) is 7.98. The number of aryl methyl sites for hydroxylation is 1. The van der Waals surface area contributed by atoms with Gasteiger partial charge in [0, 0.05) is 20.1 Å². The Bertz CT molecular complexity index is 252. The van der Waals surface area contributed by atoms with E-state index >= 15 is 0 Å². The van der Waals surface area contributed by atoms with Gasteiger partial charge in [-0.3, -0.25) is 0 Å². The Balaban J connectivity index is 0. The highest BCUT2D eigenvalue weighted by Gasteiger charge is 1.88. The van der Waals surface area contributed by atoms with Gasteiger partial charge in [-0.1, -0.05) is 29.8 Å². The zero-order valence-electron chi connectivity index (χ0n) is 10.2.